The van der Waals surface area contributed by atoms with Crippen LogP contribution in [0.1, 0.15) is 13.8 Å². The lowest BCUT2D eigenvalue weighted by Gasteiger charge is -2.13. The molecule has 6 rings (SSSR count). The Bertz CT molecular complexity index is 1510. The zero-order chi connectivity index (χ0) is 26.2. The summed E-state index contributed by atoms with van der Waals surface area (Å²) in [5.41, 5.74) is 11.7. The zero-order valence-corrected chi connectivity index (χ0v) is 21.8. The lowest BCUT2D eigenvalue weighted by molar-refractivity contribution is 1.33. The monoisotopic (exact) mass is 490 g/mol. The van der Waals surface area contributed by atoms with E-state index in [1.165, 1.54) is 33.4 Å². The van der Waals surface area contributed by atoms with Crippen molar-refractivity contribution in [1.82, 2.24) is 9.97 Å². The highest BCUT2D eigenvalue weighted by molar-refractivity contribution is 5.84. The summed E-state index contributed by atoms with van der Waals surface area (Å²) in [5, 5.41) is 0. The van der Waals surface area contributed by atoms with Crippen molar-refractivity contribution in [2.45, 2.75) is 13.8 Å². The molecule has 0 unspecified atom stereocenters. The molecule has 0 aliphatic carbocycles. The van der Waals surface area contributed by atoms with Crippen LogP contribution in [0, 0.1) is 0 Å². The van der Waals surface area contributed by atoms with Crippen molar-refractivity contribution in [3.63, 3.8) is 0 Å². The first-order valence-electron chi connectivity index (χ1n) is 13.1. The quantitative estimate of drug-likeness (QED) is 0.240. The maximum absolute atomic E-state index is 4.30. The number of rotatable bonds is 5. The Morgan fingerprint density at radius 2 is 0.658 bits per heavy atom. The third-order valence-corrected chi connectivity index (χ3v) is 6.42. The minimum atomic E-state index is 1.11. The predicted molar refractivity (Wildman–Crippen MR) is 161 cm³/mol. The van der Waals surface area contributed by atoms with Crippen molar-refractivity contribution in [2.75, 3.05) is 0 Å². The van der Waals surface area contributed by atoms with Gasteiger partial charge in [-0.3, -0.25) is 9.97 Å². The predicted octanol–water partition coefficient (Wildman–Crippen LogP) is 9.84. The summed E-state index contributed by atoms with van der Waals surface area (Å²) >= 11 is 0. The van der Waals surface area contributed by atoms with E-state index >= 15 is 0 Å². The Balaban J connectivity index is 0.00000144. The van der Waals surface area contributed by atoms with Gasteiger partial charge < -0.3 is 0 Å². The highest BCUT2D eigenvalue weighted by Crippen LogP contribution is 2.35. The van der Waals surface area contributed by atoms with E-state index < -0.39 is 0 Å². The van der Waals surface area contributed by atoms with Gasteiger partial charge in [0.15, 0.2) is 0 Å². The van der Waals surface area contributed by atoms with Crippen LogP contribution in [0.2, 0.25) is 0 Å². The van der Waals surface area contributed by atoms with Crippen LogP contribution in [0.5, 0.6) is 0 Å². The Kier molecular flexibility index (Phi) is 7.81. The maximum atomic E-state index is 4.30. The van der Waals surface area contributed by atoms with Crippen LogP contribution in [0.25, 0.3) is 55.6 Å². The van der Waals surface area contributed by atoms with Gasteiger partial charge in [0.2, 0.25) is 0 Å². The fourth-order valence-corrected chi connectivity index (χ4v) is 4.58. The second kappa shape index (κ2) is 11.9. The molecule has 0 radical (unpaired) electrons. The van der Waals surface area contributed by atoms with Crippen LogP contribution in [0.4, 0.5) is 0 Å². The third-order valence-electron chi connectivity index (χ3n) is 6.42. The van der Waals surface area contributed by atoms with E-state index in [1.807, 2.05) is 50.8 Å². The second-order valence-corrected chi connectivity index (χ2v) is 8.81. The molecule has 0 saturated heterocycles. The van der Waals surface area contributed by atoms with E-state index in [9.17, 15) is 0 Å². The second-order valence-electron chi connectivity index (χ2n) is 8.81. The first-order valence-corrected chi connectivity index (χ1v) is 13.1. The summed E-state index contributed by atoms with van der Waals surface area (Å²) in [6.07, 6.45) is 7.44. The molecule has 2 heterocycles. The first kappa shape index (κ1) is 24.9. The average Bonchev–Trinajstić information content (AvgIpc) is 3.03. The highest BCUT2D eigenvalue weighted by atomic mass is 14.6. The molecule has 0 aliphatic rings. The van der Waals surface area contributed by atoms with Gasteiger partial charge in [0, 0.05) is 35.9 Å². The van der Waals surface area contributed by atoms with Gasteiger partial charge in [0.25, 0.3) is 0 Å². The van der Waals surface area contributed by atoms with Crippen molar-refractivity contribution in [2.24, 2.45) is 0 Å². The number of pyridine rings is 2. The molecule has 184 valence electrons. The number of nitrogens with zero attached hydrogens (tertiary/aromatic N) is 2. The molecule has 38 heavy (non-hydrogen) atoms. The molecule has 2 heteroatoms. The Hall–Kier alpha value is -4.82. The lowest BCUT2D eigenvalue weighted by Crippen LogP contribution is -1.88. The summed E-state index contributed by atoms with van der Waals surface area (Å²) in [7, 11) is 0. The summed E-state index contributed by atoms with van der Waals surface area (Å²) in [4.78, 5) is 8.60. The Morgan fingerprint density at radius 3 is 1.08 bits per heavy atom. The van der Waals surface area contributed by atoms with Crippen LogP contribution in [0.3, 0.4) is 0 Å². The van der Waals surface area contributed by atoms with E-state index in [0.717, 1.165) is 22.3 Å². The molecule has 4 aromatic carbocycles. The molecule has 0 amide bonds. The van der Waals surface area contributed by atoms with Crippen LogP contribution in [0.15, 0.2) is 146 Å². The van der Waals surface area contributed by atoms with E-state index in [2.05, 4.69) is 119 Å². The van der Waals surface area contributed by atoms with Crippen molar-refractivity contribution < 1.29 is 0 Å². The van der Waals surface area contributed by atoms with Gasteiger partial charge in [-0.15, -0.1) is 0 Å². The van der Waals surface area contributed by atoms with Crippen molar-refractivity contribution in [3.05, 3.63) is 146 Å². The van der Waals surface area contributed by atoms with Crippen LogP contribution >= 0.6 is 0 Å². The van der Waals surface area contributed by atoms with Gasteiger partial charge in [-0.1, -0.05) is 92.7 Å². The van der Waals surface area contributed by atoms with Gasteiger partial charge in [0.05, 0.1) is 0 Å². The minimum Gasteiger partial charge on any atom is -0.264 e. The van der Waals surface area contributed by atoms with Crippen LogP contribution < -0.4 is 0 Å². The Morgan fingerprint density at radius 1 is 0.316 bits per heavy atom. The van der Waals surface area contributed by atoms with Crippen molar-refractivity contribution >= 4 is 0 Å². The van der Waals surface area contributed by atoms with Gasteiger partial charge in [-0.25, -0.2) is 0 Å². The smallest absolute Gasteiger partial charge is 0.0346 e. The third kappa shape index (κ3) is 5.61. The number of aromatic nitrogens is 2. The maximum Gasteiger partial charge on any atom is 0.0346 e. The van der Waals surface area contributed by atoms with Gasteiger partial charge in [0.1, 0.15) is 0 Å². The summed E-state index contributed by atoms with van der Waals surface area (Å²) < 4.78 is 0. The molecule has 0 aliphatic heterocycles. The summed E-state index contributed by atoms with van der Waals surface area (Å²) in [6.45, 7) is 4.00. The van der Waals surface area contributed by atoms with Gasteiger partial charge in [-0.2, -0.15) is 0 Å². The molecule has 0 N–H and O–H groups in total. The number of hydrogen-bond donors (Lipinski definition) is 0. The normalized spacial score (nSPS) is 10.4. The molecular formula is C36H30N2. The molecular weight excluding hydrogens is 460 g/mol. The highest BCUT2D eigenvalue weighted by Gasteiger charge is 2.10. The van der Waals surface area contributed by atoms with Gasteiger partial charge in [-0.05, 0) is 87.0 Å². The molecule has 2 aromatic heterocycles. The molecule has 0 atom stereocenters. The lowest BCUT2D eigenvalue weighted by atomic mass is 9.91. The first-order chi connectivity index (χ1) is 18.8. The zero-order valence-electron chi connectivity index (χ0n) is 21.8. The molecule has 0 spiro atoms. The number of benzene rings is 4. The van der Waals surface area contributed by atoms with E-state index in [0.29, 0.717) is 0 Å². The SMILES string of the molecule is CC.c1ccc(-c2cc(-c3cccc(-c4cccnc4)c3)cc(-c3cccc(-c4cccnc4)c3)c2)cc1. The van der Waals surface area contributed by atoms with Crippen molar-refractivity contribution in [1.29, 1.82) is 0 Å². The minimum absolute atomic E-state index is 1.11. The molecule has 0 fully saturated rings. The molecule has 0 saturated carbocycles. The summed E-state index contributed by atoms with van der Waals surface area (Å²) in [6, 6.07) is 43.0. The topological polar surface area (TPSA) is 25.8 Å². The van der Waals surface area contributed by atoms with Crippen LogP contribution in [-0.4, -0.2) is 9.97 Å². The molecule has 6 aromatic rings. The van der Waals surface area contributed by atoms with Crippen LogP contribution in [-0.2, 0) is 0 Å². The average molecular weight is 491 g/mol. The summed E-state index contributed by atoms with van der Waals surface area (Å²) in [5.74, 6) is 0. The fourth-order valence-electron chi connectivity index (χ4n) is 4.58. The Labute approximate surface area is 225 Å². The largest absolute Gasteiger partial charge is 0.264 e. The molecule has 0 bridgehead atoms. The van der Waals surface area contributed by atoms with Gasteiger partial charge >= 0.3 is 0 Å². The number of hydrogen-bond acceptors (Lipinski definition) is 2. The standard InChI is InChI=1S/C34H24N2.C2H6/c1-2-8-25(9-3-1)32-20-33(28-12-4-10-26(18-28)30-14-6-16-35-23-30)22-34(21-32)29-13-5-11-27(19-29)31-15-7-17-36-24-31;1-2/h1-24H;1-2H3. The fraction of sp³-hybridized carbons (Fsp3) is 0.0556. The van der Waals surface area contributed by atoms with E-state index in [-0.39, 0.29) is 0 Å². The van der Waals surface area contributed by atoms with E-state index in [1.54, 1.807) is 0 Å². The van der Waals surface area contributed by atoms with Crippen molar-refractivity contribution in [3.8, 4) is 55.6 Å². The molecule has 2 nitrogen and oxygen atoms in total. The van der Waals surface area contributed by atoms with E-state index in [4.69, 9.17) is 0 Å².